The van der Waals surface area contributed by atoms with Gasteiger partial charge in [-0.25, -0.2) is 4.79 Å². The fraction of sp³-hybridized carbons (Fsp3) is 0.471. The van der Waals surface area contributed by atoms with Crippen LogP contribution in [0.15, 0.2) is 29.1 Å². The first-order valence-electron chi connectivity index (χ1n) is 7.48. The van der Waals surface area contributed by atoms with Gasteiger partial charge in [-0.2, -0.15) is 0 Å². The van der Waals surface area contributed by atoms with Crippen molar-refractivity contribution in [3.8, 4) is 11.3 Å². The second kappa shape index (κ2) is 6.60. The Morgan fingerprint density at radius 1 is 1.10 bits per heavy atom. The van der Waals surface area contributed by atoms with Crippen LogP contribution in [0.4, 0.5) is 0 Å². The molecule has 0 amide bonds. The number of hydrogen-bond donors (Lipinski definition) is 1. The smallest absolute Gasteiger partial charge is 0.309 e. The van der Waals surface area contributed by atoms with Crippen LogP contribution in [0.2, 0.25) is 0 Å². The van der Waals surface area contributed by atoms with Gasteiger partial charge in [0.15, 0.2) is 0 Å². The van der Waals surface area contributed by atoms with Gasteiger partial charge in [0.2, 0.25) is 0 Å². The number of unbranched alkanes of at least 4 members (excludes halogenated alkanes) is 3. The second-order valence-corrected chi connectivity index (χ2v) is 5.47. The fourth-order valence-corrected chi connectivity index (χ4v) is 2.65. The SMILES string of the molecule is CCCCCCc1ccc(-c2c(C)[nH]c(=O)n2C)cc1. The third-order valence-electron chi connectivity index (χ3n) is 3.84. The Morgan fingerprint density at radius 2 is 1.80 bits per heavy atom. The lowest BCUT2D eigenvalue weighted by Crippen LogP contribution is -2.13. The Kier molecular flexibility index (Phi) is 4.83. The number of aryl methyl sites for hydroxylation is 2. The molecule has 0 unspecified atom stereocenters. The van der Waals surface area contributed by atoms with Gasteiger partial charge >= 0.3 is 5.69 Å². The van der Waals surface area contributed by atoms with Crippen molar-refractivity contribution in [3.63, 3.8) is 0 Å². The highest BCUT2D eigenvalue weighted by Gasteiger charge is 2.09. The van der Waals surface area contributed by atoms with E-state index >= 15 is 0 Å². The van der Waals surface area contributed by atoms with Crippen LogP contribution >= 0.6 is 0 Å². The predicted octanol–water partition coefficient (Wildman–Crippen LogP) is 3.81. The Hall–Kier alpha value is -1.77. The van der Waals surface area contributed by atoms with Crippen LogP contribution in [0.25, 0.3) is 11.3 Å². The second-order valence-electron chi connectivity index (χ2n) is 5.47. The Bertz CT molecular complexity index is 605. The van der Waals surface area contributed by atoms with Gasteiger partial charge < -0.3 is 4.98 Å². The molecule has 2 rings (SSSR count). The molecule has 0 radical (unpaired) electrons. The summed E-state index contributed by atoms with van der Waals surface area (Å²) in [5, 5.41) is 0. The van der Waals surface area contributed by atoms with Gasteiger partial charge in [0.1, 0.15) is 0 Å². The van der Waals surface area contributed by atoms with Crippen LogP contribution in [0.5, 0.6) is 0 Å². The van der Waals surface area contributed by atoms with Gasteiger partial charge in [-0.15, -0.1) is 0 Å². The van der Waals surface area contributed by atoms with Gasteiger partial charge in [0.25, 0.3) is 0 Å². The molecule has 0 saturated carbocycles. The van der Waals surface area contributed by atoms with Gasteiger partial charge in [0, 0.05) is 18.3 Å². The molecule has 3 nitrogen and oxygen atoms in total. The topological polar surface area (TPSA) is 37.8 Å². The number of imidazole rings is 1. The third-order valence-corrected chi connectivity index (χ3v) is 3.84. The minimum Gasteiger partial charge on any atom is -0.309 e. The summed E-state index contributed by atoms with van der Waals surface area (Å²) >= 11 is 0. The molecule has 0 bridgehead atoms. The van der Waals surface area contributed by atoms with Crippen molar-refractivity contribution in [1.29, 1.82) is 0 Å². The molecule has 0 aliphatic rings. The monoisotopic (exact) mass is 272 g/mol. The lowest BCUT2D eigenvalue weighted by Gasteiger charge is -2.06. The summed E-state index contributed by atoms with van der Waals surface area (Å²) < 4.78 is 1.67. The quantitative estimate of drug-likeness (QED) is 0.798. The predicted molar refractivity (Wildman–Crippen MR) is 84.1 cm³/mol. The summed E-state index contributed by atoms with van der Waals surface area (Å²) in [6.07, 6.45) is 6.31. The number of benzene rings is 1. The minimum atomic E-state index is -0.0545. The van der Waals surface area contributed by atoms with E-state index in [1.165, 1.54) is 31.2 Å². The molecule has 0 atom stereocenters. The maximum absolute atomic E-state index is 11.6. The van der Waals surface area contributed by atoms with E-state index in [9.17, 15) is 4.79 Å². The summed E-state index contributed by atoms with van der Waals surface area (Å²) in [6.45, 7) is 4.17. The van der Waals surface area contributed by atoms with Gasteiger partial charge in [-0.05, 0) is 25.3 Å². The number of nitrogens with zero attached hydrogens (tertiary/aromatic N) is 1. The lowest BCUT2D eigenvalue weighted by atomic mass is 10.0. The Labute approximate surface area is 120 Å². The zero-order valence-electron chi connectivity index (χ0n) is 12.7. The summed E-state index contributed by atoms with van der Waals surface area (Å²) in [4.78, 5) is 14.5. The largest absolute Gasteiger partial charge is 0.325 e. The first-order valence-corrected chi connectivity index (χ1v) is 7.48. The number of hydrogen-bond acceptors (Lipinski definition) is 1. The molecule has 1 N–H and O–H groups in total. The highest BCUT2D eigenvalue weighted by Crippen LogP contribution is 2.21. The highest BCUT2D eigenvalue weighted by molar-refractivity contribution is 5.62. The van der Waals surface area contributed by atoms with E-state index in [4.69, 9.17) is 0 Å². The summed E-state index contributed by atoms with van der Waals surface area (Å²) in [6, 6.07) is 8.59. The fourth-order valence-electron chi connectivity index (χ4n) is 2.65. The van der Waals surface area contributed by atoms with Crippen LogP contribution in [-0.2, 0) is 13.5 Å². The Balaban J connectivity index is 2.10. The summed E-state index contributed by atoms with van der Waals surface area (Å²) in [5.74, 6) is 0. The van der Waals surface area contributed by atoms with Crippen LogP contribution in [0, 0.1) is 6.92 Å². The third kappa shape index (κ3) is 3.21. The molecule has 1 aromatic heterocycles. The molecule has 1 aromatic carbocycles. The normalized spacial score (nSPS) is 10.9. The van der Waals surface area contributed by atoms with E-state index in [1.807, 2.05) is 6.92 Å². The van der Waals surface area contributed by atoms with E-state index in [2.05, 4.69) is 36.2 Å². The van der Waals surface area contributed by atoms with Gasteiger partial charge in [-0.1, -0.05) is 50.5 Å². The molecule has 20 heavy (non-hydrogen) atoms. The first kappa shape index (κ1) is 14.6. The van der Waals surface area contributed by atoms with Crippen molar-refractivity contribution in [1.82, 2.24) is 9.55 Å². The standard InChI is InChI=1S/C17H24N2O/c1-4-5-6-7-8-14-9-11-15(12-10-14)16-13(2)18-17(20)19(16)3/h9-12H,4-8H2,1-3H3,(H,18,20). The van der Waals surface area contributed by atoms with E-state index in [-0.39, 0.29) is 5.69 Å². The lowest BCUT2D eigenvalue weighted by molar-refractivity contribution is 0.667. The molecule has 3 heteroatoms. The summed E-state index contributed by atoms with van der Waals surface area (Å²) in [7, 11) is 1.81. The maximum atomic E-state index is 11.6. The number of nitrogens with one attached hydrogen (secondary N) is 1. The van der Waals surface area contributed by atoms with Gasteiger partial charge in [0.05, 0.1) is 5.69 Å². The average Bonchev–Trinajstić information content (AvgIpc) is 2.69. The van der Waals surface area contributed by atoms with Crippen molar-refractivity contribution in [2.45, 2.75) is 46.0 Å². The zero-order chi connectivity index (χ0) is 14.5. The van der Waals surface area contributed by atoms with Crippen molar-refractivity contribution in [3.05, 3.63) is 46.0 Å². The number of aromatic amines is 1. The Morgan fingerprint density at radius 3 is 2.35 bits per heavy atom. The number of aromatic nitrogens is 2. The van der Waals surface area contributed by atoms with E-state index in [0.29, 0.717) is 0 Å². The molecule has 0 fully saturated rings. The average molecular weight is 272 g/mol. The van der Waals surface area contributed by atoms with Crippen molar-refractivity contribution in [2.75, 3.05) is 0 Å². The molecular weight excluding hydrogens is 248 g/mol. The number of H-pyrrole nitrogens is 1. The minimum absolute atomic E-state index is 0.0545. The van der Waals surface area contributed by atoms with Crippen LogP contribution in [0.1, 0.15) is 43.9 Å². The molecule has 0 aliphatic carbocycles. The van der Waals surface area contributed by atoms with E-state index in [0.717, 1.165) is 23.4 Å². The number of rotatable bonds is 6. The maximum Gasteiger partial charge on any atom is 0.325 e. The molecular formula is C17H24N2O. The van der Waals surface area contributed by atoms with E-state index in [1.54, 1.807) is 11.6 Å². The molecule has 0 aliphatic heterocycles. The van der Waals surface area contributed by atoms with Crippen molar-refractivity contribution in [2.24, 2.45) is 7.05 Å². The van der Waals surface area contributed by atoms with Crippen LogP contribution < -0.4 is 5.69 Å². The van der Waals surface area contributed by atoms with Crippen LogP contribution in [0.3, 0.4) is 0 Å². The molecule has 2 aromatic rings. The molecule has 0 saturated heterocycles. The van der Waals surface area contributed by atoms with Crippen molar-refractivity contribution < 1.29 is 0 Å². The van der Waals surface area contributed by atoms with E-state index < -0.39 is 0 Å². The summed E-state index contributed by atoms with van der Waals surface area (Å²) in [5.41, 5.74) is 4.32. The van der Waals surface area contributed by atoms with Gasteiger partial charge in [-0.3, -0.25) is 4.57 Å². The van der Waals surface area contributed by atoms with Crippen LogP contribution in [-0.4, -0.2) is 9.55 Å². The molecule has 0 spiro atoms. The molecule has 108 valence electrons. The first-order chi connectivity index (χ1) is 9.63. The zero-order valence-corrected chi connectivity index (χ0v) is 12.7. The van der Waals surface area contributed by atoms with Crippen molar-refractivity contribution >= 4 is 0 Å². The highest BCUT2D eigenvalue weighted by atomic mass is 16.1. The molecule has 1 heterocycles.